The molecule has 1 aliphatic heterocycles. The molecule has 2 heterocycles. The number of anilines is 1. The number of nitrogens with one attached hydrogen (secondary N) is 3. The number of hydrogen-bond donors (Lipinski definition) is 3. The van der Waals surface area contributed by atoms with Crippen LogP contribution in [0.3, 0.4) is 0 Å². The van der Waals surface area contributed by atoms with Gasteiger partial charge in [0.1, 0.15) is 0 Å². The number of amides is 2. The number of aryl methyl sites for hydroxylation is 1. The summed E-state index contributed by atoms with van der Waals surface area (Å²) in [5.41, 5.74) is 6.73. The highest BCUT2D eigenvalue weighted by Crippen LogP contribution is 2.26. The maximum atomic E-state index is 12.4. The number of fused-ring (bicyclic) bond motifs is 2. The van der Waals surface area contributed by atoms with Gasteiger partial charge < -0.3 is 4.90 Å². The van der Waals surface area contributed by atoms with Crippen molar-refractivity contribution in [3.63, 3.8) is 0 Å². The zero-order valence-corrected chi connectivity index (χ0v) is 15.1. The second-order valence-electron chi connectivity index (χ2n) is 6.60. The Morgan fingerprint density at radius 1 is 1.04 bits per heavy atom. The number of para-hydroxylation sites is 1. The first-order chi connectivity index (χ1) is 13.6. The van der Waals surface area contributed by atoms with Crippen molar-refractivity contribution in [3.8, 4) is 0 Å². The van der Waals surface area contributed by atoms with Crippen LogP contribution in [0.5, 0.6) is 0 Å². The minimum Gasteiger partial charge on any atom is -0.362 e. The molecule has 0 radical (unpaired) electrons. The lowest BCUT2D eigenvalue weighted by Gasteiger charge is -2.30. The van der Waals surface area contributed by atoms with Crippen LogP contribution in [0.25, 0.3) is 10.8 Å². The maximum absolute atomic E-state index is 12.4. The number of aromatic nitrogens is 2. The molecule has 8 nitrogen and oxygen atoms in total. The maximum Gasteiger partial charge on any atom is 0.290 e. The van der Waals surface area contributed by atoms with E-state index in [9.17, 15) is 14.4 Å². The van der Waals surface area contributed by atoms with E-state index < -0.39 is 5.91 Å². The van der Waals surface area contributed by atoms with Gasteiger partial charge in [0, 0.05) is 17.6 Å². The van der Waals surface area contributed by atoms with E-state index in [0.717, 1.165) is 25.1 Å². The Morgan fingerprint density at radius 2 is 1.79 bits per heavy atom. The summed E-state index contributed by atoms with van der Waals surface area (Å²) in [6.45, 7) is 0.918. The first kappa shape index (κ1) is 17.7. The van der Waals surface area contributed by atoms with E-state index in [2.05, 4.69) is 27.1 Å². The highest BCUT2D eigenvalue weighted by molar-refractivity contribution is 6.05. The van der Waals surface area contributed by atoms with Crippen LogP contribution in [0.15, 0.2) is 53.3 Å². The molecular formula is C20H19N5O3. The first-order valence-electron chi connectivity index (χ1n) is 9.03. The van der Waals surface area contributed by atoms with Crippen LogP contribution in [0.2, 0.25) is 0 Å². The van der Waals surface area contributed by atoms with Crippen molar-refractivity contribution in [1.82, 2.24) is 21.0 Å². The molecule has 1 aliphatic rings. The van der Waals surface area contributed by atoms with Gasteiger partial charge in [0.2, 0.25) is 0 Å². The van der Waals surface area contributed by atoms with Crippen LogP contribution < -0.4 is 21.3 Å². The molecule has 3 N–H and O–H groups in total. The summed E-state index contributed by atoms with van der Waals surface area (Å²) >= 11 is 0. The minimum absolute atomic E-state index is 0.0406. The molecular weight excluding hydrogens is 358 g/mol. The van der Waals surface area contributed by atoms with Gasteiger partial charge in [-0.05, 0) is 30.5 Å². The van der Waals surface area contributed by atoms with E-state index in [0.29, 0.717) is 10.8 Å². The van der Waals surface area contributed by atoms with Crippen molar-refractivity contribution < 1.29 is 9.59 Å². The second-order valence-corrected chi connectivity index (χ2v) is 6.60. The molecule has 0 unspecified atom stereocenters. The molecule has 0 spiro atoms. The number of H-pyrrole nitrogens is 1. The molecule has 0 saturated heterocycles. The van der Waals surface area contributed by atoms with Crippen LogP contribution in [0, 0.1) is 0 Å². The molecule has 0 atom stereocenters. The van der Waals surface area contributed by atoms with E-state index in [1.54, 1.807) is 24.3 Å². The van der Waals surface area contributed by atoms with Crippen molar-refractivity contribution in [2.75, 3.05) is 18.0 Å². The highest BCUT2D eigenvalue weighted by Gasteiger charge is 2.19. The Morgan fingerprint density at radius 3 is 2.64 bits per heavy atom. The lowest BCUT2D eigenvalue weighted by atomic mass is 10.0. The van der Waals surface area contributed by atoms with Crippen LogP contribution in [0.1, 0.15) is 22.5 Å². The molecule has 142 valence electrons. The Labute approximate surface area is 160 Å². The SMILES string of the molecule is O=C(CN1CCCc2ccccc21)NNC(=O)c1n[nH]c(=O)c2ccccc12. The summed E-state index contributed by atoms with van der Waals surface area (Å²) < 4.78 is 0. The fourth-order valence-corrected chi connectivity index (χ4v) is 3.46. The zero-order chi connectivity index (χ0) is 19.5. The summed E-state index contributed by atoms with van der Waals surface area (Å²) in [6.07, 6.45) is 1.97. The van der Waals surface area contributed by atoms with Gasteiger partial charge in [0.25, 0.3) is 17.4 Å². The van der Waals surface area contributed by atoms with Gasteiger partial charge >= 0.3 is 0 Å². The zero-order valence-electron chi connectivity index (χ0n) is 15.1. The number of carbonyl (C=O) groups excluding carboxylic acids is 2. The van der Waals surface area contributed by atoms with Gasteiger partial charge in [0.05, 0.1) is 11.9 Å². The molecule has 0 bridgehead atoms. The van der Waals surface area contributed by atoms with E-state index >= 15 is 0 Å². The minimum atomic E-state index is -0.597. The lowest BCUT2D eigenvalue weighted by molar-refractivity contribution is -0.120. The molecule has 0 saturated carbocycles. The van der Waals surface area contributed by atoms with Crippen LogP contribution in [-0.4, -0.2) is 35.1 Å². The van der Waals surface area contributed by atoms with Crippen molar-refractivity contribution >= 4 is 28.3 Å². The van der Waals surface area contributed by atoms with Gasteiger partial charge in [0.15, 0.2) is 5.69 Å². The molecule has 0 aliphatic carbocycles. The smallest absolute Gasteiger partial charge is 0.290 e. The van der Waals surface area contributed by atoms with E-state index in [1.807, 2.05) is 23.1 Å². The topological polar surface area (TPSA) is 107 Å². The van der Waals surface area contributed by atoms with Gasteiger partial charge in [-0.15, -0.1) is 0 Å². The highest BCUT2D eigenvalue weighted by atomic mass is 16.2. The van der Waals surface area contributed by atoms with Crippen molar-refractivity contribution in [2.45, 2.75) is 12.8 Å². The monoisotopic (exact) mass is 377 g/mol. The number of rotatable bonds is 3. The predicted octanol–water partition coefficient (Wildman–Crippen LogP) is 1.14. The van der Waals surface area contributed by atoms with Gasteiger partial charge in [-0.2, -0.15) is 5.10 Å². The van der Waals surface area contributed by atoms with Gasteiger partial charge in [-0.3, -0.25) is 25.2 Å². The third kappa shape index (κ3) is 3.44. The van der Waals surface area contributed by atoms with Crippen molar-refractivity contribution in [3.05, 3.63) is 70.1 Å². The molecule has 1 aromatic heterocycles. The number of carbonyl (C=O) groups is 2. The lowest BCUT2D eigenvalue weighted by Crippen LogP contribution is -2.47. The predicted molar refractivity (Wildman–Crippen MR) is 105 cm³/mol. The van der Waals surface area contributed by atoms with Crippen LogP contribution in [0.4, 0.5) is 5.69 Å². The van der Waals surface area contributed by atoms with Crippen molar-refractivity contribution in [1.29, 1.82) is 0 Å². The fraction of sp³-hybridized carbons (Fsp3) is 0.200. The fourth-order valence-electron chi connectivity index (χ4n) is 3.46. The van der Waals surface area contributed by atoms with Gasteiger partial charge in [-0.25, -0.2) is 5.10 Å². The molecule has 8 heteroatoms. The largest absolute Gasteiger partial charge is 0.362 e. The average molecular weight is 377 g/mol. The Balaban J connectivity index is 1.43. The van der Waals surface area contributed by atoms with Crippen molar-refractivity contribution in [2.24, 2.45) is 0 Å². The van der Waals surface area contributed by atoms with E-state index in [4.69, 9.17) is 0 Å². The molecule has 4 rings (SSSR count). The number of aromatic amines is 1. The van der Waals surface area contributed by atoms with Crippen LogP contribution >= 0.6 is 0 Å². The third-order valence-electron chi connectivity index (χ3n) is 4.77. The second kappa shape index (κ2) is 7.51. The van der Waals surface area contributed by atoms with E-state index in [-0.39, 0.29) is 23.7 Å². The average Bonchev–Trinajstić information content (AvgIpc) is 2.73. The number of hydrogen-bond acceptors (Lipinski definition) is 5. The normalized spacial score (nSPS) is 13.1. The van der Waals surface area contributed by atoms with Crippen LogP contribution in [-0.2, 0) is 11.2 Å². The van der Waals surface area contributed by atoms with E-state index in [1.165, 1.54) is 5.56 Å². The summed E-state index contributed by atoms with van der Waals surface area (Å²) in [5, 5.41) is 6.90. The van der Waals surface area contributed by atoms with Gasteiger partial charge in [-0.1, -0.05) is 36.4 Å². The standard InChI is InChI=1S/C20H19N5O3/c26-17(12-25-11-5-7-13-6-1-4-10-16(13)25)21-24-20(28)18-14-8-2-3-9-15(14)19(27)23-22-18/h1-4,6,8-10H,5,7,11-12H2,(H,21,26)(H,23,27)(H,24,28). The first-order valence-corrected chi connectivity index (χ1v) is 9.03. The summed E-state index contributed by atoms with van der Waals surface area (Å²) in [4.78, 5) is 38.6. The Bertz CT molecular complexity index is 1110. The molecule has 3 aromatic rings. The Kier molecular flexibility index (Phi) is 4.76. The molecule has 2 amide bonds. The quantitative estimate of drug-likeness (QED) is 0.594. The summed E-state index contributed by atoms with van der Waals surface area (Å²) in [5.74, 6) is -0.932. The molecule has 0 fully saturated rings. The number of nitrogens with zero attached hydrogens (tertiary/aromatic N) is 2. The third-order valence-corrected chi connectivity index (χ3v) is 4.77. The molecule has 28 heavy (non-hydrogen) atoms. The molecule has 2 aromatic carbocycles. The number of hydrazine groups is 1. The summed E-state index contributed by atoms with van der Waals surface area (Å²) in [6, 6.07) is 14.7. The summed E-state index contributed by atoms with van der Waals surface area (Å²) in [7, 11) is 0. The Hall–Kier alpha value is -3.68. The number of benzene rings is 2.